The molecule has 0 spiro atoms. The van der Waals surface area contributed by atoms with Crippen molar-refractivity contribution >= 4 is 85.8 Å². The molecule has 1 aliphatic rings. The summed E-state index contributed by atoms with van der Waals surface area (Å²) in [6.45, 7) is 4.82. The first-order valence-corrected chi connectivity index (χ1v) is 19.2. The Hall–Kier alpha value is -6.22. The average Bonchev–Trinajstić information content (AvgIpc) is 3.84. The highest BCUT2D eigenvalue weighted by molar-refractivity contribution is 7.25. The zero-order chi connectivity index (χ0) is 35.0. The van der Waals surface area contributed by atoms with Crippen LogP contribution in [-0.2, 0) is 5.41 Å². The normalized spacial score (nSPS) is 13.6. The monoisotopic (exact) mass is 692 g/mol. The van der Waals surface area contributed by atoms with E-state index in [0.29, 0.717) is 0 Å². The predicted molar refractivity (Wildman–Crippen MR) is 228 cm³/mol. The number of fused-ring (bicyclic) bond motifs is 14. The maximum absolute atomic E-state index is 6.77. The lowest BCUT2D eigenvalue weighted by Gasteiger charge is -2.27. The van der Waals surface area contributed by atoms with Gasteiger partial charge in [0, 0.05) is 41.7 Å². The van der Waals surface area contributed by atoms with Crippen LogP contribution >= 0.6 is 11.3 Å². The summed E-state index contributed by atoms with van der Waals surface area (Å²) in [6, 6.07) is 58.5. The molecule has 1 aliphatic carbocycles. The van der Waals surface area contributed by atoms with Crippen molar-refractivity contribution in [2.75, 3.05) is 0 Å². The molecular weight excluding hydrogens is 661 g/mol. The molecule has 0 amide bonds. The van der Waals surface area contributed by atoms with Gasteiger partial charge in [-0.1, -0.05) is 135 Å². The van der Waals surface area contributed by atoms with Gasteiger partial charge in [0.25, 0.3) is 0 Å². The highest BCUT2D eigenvalue weighted by Crippen LogP contribution is 2.57. The van der Waals surface area contributed by atoms with Crippen molar-refractivity contribution in [3.8, 4) is 33.4 Å². The fraction of sp³-hybridized carbons (Fsp3) is 0.0588. The first-order valence-electron chi connectivity index (χ1n) is 18.4. The van der Waals surface area contributed by atoms with Gasteiger partial charge in [-0.2, -0.15) is 0 Å². The topological polar surface area (TPSA) is 13.1 Å². The number of rotatable bonds is 2. The summed E-state index contributed by atoms with van der Waals surface area (Å²) in [7, 11) is 0. The van der Waals surface area contributed by atoms with Crippen molar-refractivity contribution in [3.05, 3.63) is 169 Å². The summed E-state index contributed by atoms with van der Waals surface area (Å²) in [5, 5.41) is 12.4. The van der Waals surface area contributed by atoms with Crippen LogP contribution < -0.4 is 0 Å². The molecule has 248 valence electrons. The summed E-state index contributed by atoms with van der Waals surface area (Å²) >= 11 is 1.87. The van der Waals surface area contributed by atoms with E-state index in [2.05, 4.69) is 172 Å². The molecule has 2 heterocycles. The molecule has 2 aromatic heterocycles. The fourth-order valence-electron chi connectivity index (χ4n) is 9.77. The summed E-state index contributed by atoms with van der Waals surface area (Å²) in [5.74, 6) is 0. The summed E-state index contributed by atoms with van der Waals surface area (Å²) in [6.07, 6.45) is 0. The number of benzene rings is 9. The van der Waals surface area contributed by atoms with E-state index in [1.54, 1.807) is 0 Å². The molecule has 12 rings (SSSR count). The van der Waals surface area contributed by atoms with Crippen molar-refractivity contribution in [2.24, 2.45) is 0 Å². The van der Waals surface area contributed by atoms with Gasteiger partial charge in [0.05, 0.1) is 0 Å². The van der Waals surface area contributed by atoms with Gasteiger partial charge < -0.3 is 4.42 Å². The minimum absolute atomic E-state index is 0.218. The zero-order valence-electron chi connectivity index (χ0n) is 29.3. The summed E-state index contributed by atoms with van der Waals surface area (Å²) < 4.78 is 9.42. The van der Waals surface area contributed by atoms with E-state index in [-0.39, 0.29) is 5.41 Å². The van der Waals surface area contributed by atoms with Gasteiger partial charge in [-0.3, -0.25) is 0 Å². The van der Waals surface area contributed by atoms with Crippen LogP contribution in [-0.4, -0.2) is 0 Å². The lowest BCUT2D eigenvalue weighted by Crippen LogP contribution is -2.16. The van der Waals surface area contributed by atoms with E-state index in [1.807, 2.05) is 11.3 Å². The molecule has 0 aliphatic heterocycles. The van der Waals surface area contributed by atoms with Crippen LogP contribution in [0.1, 0.15) is 25.0 Å². The summed E-state index contributed by atoms with van der Waals surface area (Å²) in [4.78, 5) is 0. The highest BCUT2D eigenvalue weighted by Gasteiger charge is 2.40. The van der Waals surface area contributed by atoms with Crippen molar-refractivity contribution in [3.63, 3.8) is 0 Å². The van der Waals surface area contributed by atoms with Crippen LogP contribution in [0.5, 0.6) is 0 Å². The van der Waals surface area contributed by atoms with Crippen LogP contribution in [0.2, 0.25) is 0 Å². The molecule has 0 saturated heterocycles. The number of thiophene rings is 1. The molecule has 0 atom stereocenters. The van der Waals surface area contributed by atoms with Gasteiger partial charge in [-0.05, 0) is 108 Å². The van der Waals surface area contributed by atoms with Gasteiger partial charge in [-0.25, -0.2) is 0 Å². The minimum Gasteiger partial charge on any atom is -0.455 e. The standard InChI is InChI=1S/C51H32OS/c1-51(2)42-20-10-7-19-38(42)48-36-24-25-37-30-13-8-11-21-43(30)52-50(37)40(36)28-41(49(48)51)47-34-17-5-3-15-32(34)46(33-16-4-6-18-35(33)47)29-23-26-45-39(27-29)31-14-9-12-22-44(31)53-45/h3-28H,1-2H3. The third-order valence-corrected chi connectivity index (χ3v) is 13.2. The van der Waals surface area contributed by atoms with Crippen molar-refractivity contribution in [1.29, 1.82) is 0 Å². The molecule has 1 nitrogen and oxygen atoms in total. The average molecular weight is 693 g/mol. The molecule has 0 saturated carbocycles. The van der Waals surface area contributed by atoms with Crippen LogP contribution in [0.3, 0.4) is 0 Å². The Balaban J connectivity index is 1.25. The maximum atomic E-state index is 6.77. The molecule has 11 aromatic rings. The smallest absolute Gasteiger partial charge is 0.143 e. The lowest BCUT2D eigenvalue weighted by molar-refractivity contribution is 0.662. The van der Waals surface area contributed by atoms with E-state index in [1.165, 1.54) is 91.6 Å². The molecular formula is C51H32OS. The van der Waals surface area contributed by atoms with E-state index in [9.17, 15) is 0 Å². The lowest BCUT2D eigenvalue weighted by atomic mass is 9.76. The van der Waals surface area contributed by atoms with E-state index in [4.69, 9.17) is 4.42 Å². The Morgan fingerprint density at radius 3 is 1.77 bits per heavy atom. The summed E-state index contributed by atoms with van der Waals surface area (Å²) in [5.41, 5.74) is 12.2. The Bertz CT molecular complexity index is 3320. The first-order chi connectivity index (χ1) is 26.1. The maximum Gasteiger partial charge on any atom is 0.143 e. The van der Waals surface area contributed by atoms with E-state index in [0.717, 1.165) is 27.3 Å². The van der Waals surface area contributed by atoms with Crippen LogP contribution in [0.4, 0.5) is 0 Å². The van der Waals surface area contributed by atoms with Crippen LogP contribution in [0.15, 0.2) is 162 Å². The van der Waals surface area contributed by atoms with Gasteiger partial charge in [-0.15, -0.1) is 11.3 Å². The number of hydrogen-bond donors (Lipinski definition) is 0. The second-order valence-electron chi connectivity index (χ2n) is 15.1. The third-order valence-electron chi connectivity index (χ3n) is 12.0. The molecule has 9 aromatic carbocycles. The van der Waals surface area contributed by atoms with Crippen molar-refractivity contribution < 1.29 is 4.42 Å². The van der Waals surface area contributed by atoms with E-state index < -0.39 is 0 Å². The molecule has 53 heavy (non-hydrogen) atoms. The second-order valence-corrected chi connectivity index (χ2v) is 16.2. The SMILES string of the molecule is CC1(C)c2ccccc2-c2c1c(-c1c3ccccc3c(-c3ccc4sc5ccccc5c4c3)c3ccccc13)cc1c2ccc2c3ccccc3oc12. The Labute approximate surface area is 310 Å². The van der Waals surface area contributed by atoms with Gasteiger partial charge in [0.2, 0.25) is 0 Å². The van der Waals surface area contributed by atoms with Gasteiger partial charge >= 0.3 is 0 Å². The Morgan fingerprint density at radius 1 is 0.415 bits per heavy atom. The largest absolute Gasteiger partial charge is 0.455 e. The minimum atomic E-state index is -0.218. The molecule has 0 N–H and O–H groups in total. The molecule has 0 unspecified atom stereocenters. The molecule has 0 bridgehead atoms. The number of para-hydroxylation sites is 1. The van der Waals surface area contributed by atoms with Crippen LogP contribution in [0, 0.1) is 0 Å². The molecule has 2 heteroatoms. The zero-order valence-corrected chi connectivity index (χ0v) is 30.1. The van der Waals surface area contributed by atoms with Gasteiger partial charge in [0.1, 0.15) is 11.2 Å². The van der Waals surface area contributed by atoms with Crippen molar-refractivity contribution in [2.45, 2.75) is 19.3 Å². The third kappa shape index (κ3) is 3.86. The fourth-order valence-corrected chi connectivity index (χ4v) is 10.9. The molecule has 0 fully saturated rings. The van der Waals surface area contributed by atoms with Gasteiger partial charge in [0.15, 0.2) is 0 Å². The Morgan fingerprint density at radius 2 is 1.00 bits per heavy atom. The number of furan rings is 1. The highest BCUT2D eigenvalue weighted by atomic mass is 32.1. The second kappa shape index (κ2) is 10.4. The number of hydrogen-bond acceptors (Lipinski definition) is 2. The van der Waals surface area contributed by atoms with E-state index >= 15 is 0 Å². The van der Waals surface area contributed by atoms with Crippen LogP contribution in [0.25, 0.3) is 108 Å². The quantitative estimate of drug-likeness (QED) is 0.164. The Kier molecular flexibility index (Phi) is 5.78. The first kappa shape index (κ1) is 29.4. The molecule has 0 radical (unpaired) electrons. The van der Waals surface area contributed by atoms with Crippen molar-refractivity contribution in [1.82, 2.24) is 0 Å². The predicted octanol–water partition coefficient (Wildman–Crippen LogP) is 15.1.